The summed E-state index contributed by atoms with van der Waals surface area (Å²) in [5.74, 6) is -0.344. The number of hydrogen-bond acceptors (Lipinski definition) is 3. The molecule has 1 saturated heterocycles. The van der Waals surface area contributed by atoms with E-state index in [-0.39, 0.29) is 11.9 Å². The highest BCUT2D eigenvalue weighted by Gasteiger charge is 2.28. The number of amides is 1. The van der Waals surface area contributed by atoms with Crippen molar-refractivity contribution < 1.29 is 14.3 Å². The van der Waals surface area contributed by atoms with Crippen molar-refractivity contribution in [3.8, 4) is 0 Å². The first-order valence-corrected chi connectivity index (χ1v) is 9.35. The van der Waals surface area contributed by atoms with Crippen LogP contribution in [0, 0.1) is 0 Å². The molecule has 4 nitrogen and oxygen atoms in total. The summed E-state index contributed by atoms with van der Waals surface area (Å²) in [5, 5.41) is 2.62. The Kier molecular flexibility index (Phi) is 11.3. The SMILES string of the molecule is CCCCCCCCC/C=C/CCCOC(=O)[C@@H]1CCC(=O)N1. The molecular formula is C19H33NO3. The monoisotopic (exact) mass is 323 g/mol. The molecule has 0 saturated carbocycles. The predicted octanol–water partition coefficient (Wildman–Crippen LogP) is 4.29. The largest absolute Gasteiger partial charge is 0.464 e. The normalized spacial score (nSPS) is 17.6. The molecular weight excluding hydrogens is 290 g/mol. The van der Waals surface area contributed by atoms with Crippen LogP contribution in [-0.4, -0.2) is 24.5 Å². The summed E-state index contributed by atoms with van der Waals surface area (Å²) >= 11 is 0. The lowest BCUT2D eigenvalue weighted by Crippen LogP contribution is -2.34. The van der Waals surface area contributed by atoms with Crippen LogP contribution in [0.5, 0.6) is 0 Å². The third-order valence-electron chi connectivity index (χ3n) is 4.18. The maximum Gasteiger partial charge on any atom is 0.328 e. The average molecular weight is 323 g/mol. The summed E-state index contributed by atoms with van der Waals surface area (Å²) in [5.41, 5.74) is 0. The van der Waals surface area contributed by atoms with E-state index in [0.29, 0.717) is 19.4 Å². The van der Waals surface area contributed by atoms with Gasteiger partial charge in [0.05, 0.1) is 6.61 Å². The molecule has 1 aliphatic heterocycles. The van der Waals surface area contributed by atoms with E-state index in [9.17, 15) is 9.59 Å². The lowest BCUT2D eigenvalue weighted by Gasteiger charge is -2.09. The summed E-state index contributed by atoms with van der Waals surface area (Å²) in [7, 11) is 0. The summed E-state index contributed by atoms with van der Waals surface area (Å²) in [4.78, 5) is 22.7. The maximum atomic E-state index is 11.6. The fraction of sp³-hybridized carbons (Fsp3) is 0.789. The molecule has 0 aromatic rings. The van der Waals surface area contributed by atoms with E-state index >= 15 is 0 Å². The number of hydrogen-bond donors (Lipinski definition) is 1. The van der Waals surface area contributed by atoms with Crippen molar-refractivity contribution in [3.05, 3.63) is 12.2 Å². The van der Waals surface area contributed by atoms with Crippen LogP contribution in [0.15, 0.2) is 12.2 Å². The first kappa shape index (κ1) is 19.7. The van der Waals surface area contributed by atoms with Gasteiger partial charge in [0, 0.05) is 6.42 Å². The van der Waals surface area contributed by atoms with Gasteiger partial charge in [0.2, 0.25) is 5.91 Å². The topological polar surface area (TPSA) is 55.4 Å². The van der Waals surface area contributed by atoms with Crippen molar-refractivity contribution in [1.82, 2.24) is 5.32 Å². The third-order valence-corrected chi connectivity index (χ3v) is 4.18. The molecule has 0 unspecified atom stereocenters. The fourth-order valence-corrected chi connectivity index (χ4v) is 2.72. The maximum absolute atomic E-state index is 11.6. The Morgan fingerprint density at radius 1 is 1.09 bits per heavy atom. The van der Waals surface area contributed by atoms with Gasteiger partial charge in [-0.15, -0.1) is 0 Å². The van der Waals surface area contributed by atoms with E-state index < -0.39 is 6.04 Å². The lowest BCUT2D eigenvalue weighted by atomic mass is 10.1. The van der Waals surface area contributed by atoms with Crippen LogP contribution < -0.4 is 5.32 Å². The minimum absolute atomic E-state index is 0.0553. The van der Waals surface area contributed by atoms with Crippen LogP contribution in [0.2, 0.25) is 0 Å². The number of carbonyl (C=O) groups excluding carboxylic acids is 2. The van der Waals surface area contributed by atoms with Crippen LogP contribution in [0.25, 0.3) is 0 Å². The molecule has 23 heavy (non-hydrogen) atoms. The highest BCUT2D eigenvalue weighted by atomic mass is 16.5. The van der Waals surface area contributed by atoms with Gasteiger partial charge in [-0.2, -0.15) is 0 Å². The lowest BCUT2D eigenvalue weighted by molar-refractivity contribution is -0.146. The number of nitrogens with one attached hydrogen (secondary N) is 1. The molecule has 1 atom stereocenters. The number of allylic oxidation sites excluding steroid dienone is 2. The molecule has 0 bridgehead atoms. The molecule has 1 aliphatic rings. The zero-order valence-electron chi connectivity index (χ0n) is 14.6. The van der Waals surface area contributed by atoms with Crippen molar-refractivity contribution in [3.63, 3.8) is 0 Å². The highest BCUT2D eigenvalue weighted by Crippen LogP contribution is 2.10. The number of rotatable bonds is 13. The molecule has 0 radical (unpaired) electrons. The average Bonchev–Trinajstić information content (AvgIpc) is 2.98. The number of ether oxygens (including phenoxy) is 1. The first-order chi connectivity index (χ1) is 11.2. The Bertz CT molecular complexity index is 366. The smallest absolute Gasteiger partial charge is 0.328 e. The molecule has 132 valence electrons. The molecule has 1 N–H and O–H groups in total. The molecule has 0 spiro atoms. The van der Waals surface area contributed by atoms with Gasteiger partial charge >= 0.3 is 5.97 Å². The van der Waals surface area contributed by atoms with E-state index in [1.807, 2.05) is 0 Å². The summed E-state index contributed by atoms with van der Waals surface area (Å²) in [6.07, 6.45) is 17.8. The summed E-state index contributed by atoms with van der Waals surface area (Å²) in [6, 6.07) is -0.421. The second-order valence-electron chi connectivity index (χ2n) is 6.35. The van der Waals surface area contributed by atoms with E-state index in [1.165, 1.54) is 44.9 Å². The van der Waals surface area contributed by atoms with Gasteiger partial charge in [-0.3, -0.25) is 4.79 Å². The molecule has 1 heterocycles. The minimum Gasteiger partial charge on any atom is -0.464 e. The number of carbonyl (C=O) groups is 2. The molecule has 1 fully saturated rings. The molecule has 0 aliphatic carbocycles. The van der Waals surface area contributed by atoms with Gasteiger partial charge < -0.3 is 10.1 Å². The highest BCUT2D eigenvalue weighted by molar-refractivity contribution is 5.87. The zero-order valence-corrected chi connectivity index (χ0v) is 14.6. The third kappa shape index (κ3) is 10.1. The Morgan fingerprint density at radius 3 is 2.39 bits per heavy atom. The Labute approximate surface area is 141 Å². The predicted molar refractivity (Wildman–Crippen MR) is 93.1 cm³/mol. The Hall–Kier alpha value is -1.32. The van der Waals surface area contributed by atoms with Crippen molar-refractivity contribution in [2.45, 2.75) is 90.0 Å². The van der Waals surface area contributed by atoms with Crippen molar-refractivity contribution >= 4 is 11.9 Å². The van der Waals surface area contributed by atoms with Gasteiger partial charge in [-0.25, -0.2) is 4.79 Å². The van der Waals surface area contributed by atoms with Gasteiger partial charge in [-0.05, 0) is 32.1 Å². The number of unbranched alkanes of at least 4 members (excludes halogenated alkanes) is 8. The Balaban J connectivity index is 1.85. The molecule has 4 heteroatoms. The zero-order chi connectivity index (χ0) is 16.8. The molecule has 1 amide bonds. The molecule has 0 aromatic heterocycles. The molecule has 1 rings (SSSR count). The van der Waals surface area contributed by atoms with Crippen LogP contribution in [-0.2, 0) is 14.3 Å². The quantitative estimate of drug-likeness (QED) is 0.312. The van der Waals surface area contributed by atoms with Crippen LogP contribution in [0.4, 0.5) is 0 Å². The number of esters is 1. The van der Waals surface area contributed by atoms with Crippen molar-refractivity contribution in [2.24, 2.45) is 0 Å². The summed E-state index contributed by atoms with van der Waals surface area (Å²) in [6.45, 7) is 2.69. The Morgan fingerprint density at radius 2 is 1.74 bits per heavy atom. The fourth-order valence-electron chi connectivity index (χ4n) is 2.72. The van der Waals surface area contributed by atoms with E-state index in [0.717, 1.165) is 19.3 Å². The van der Waals surface area contributed by atoms with E-state index in [1.54, 1.807) is 0 Å². The second kappa shape index (κ2) is 13.1. The van der Waals surface area contributed by atoms with Crippen molar-refractivity contribution in [2.75, 3.05) is 6.61 Å². The standard InChI is InChI=1S/C19H33NO3/c1-2-3-4-5-6-7-8-9-10-11-12-13-16-23-19(22)17-14-15-18(21)20-17/h10-11,17H,2-9,12-16H2,1H3,(H,20,21)/b11-10+/t17-/m0/s1. The van der Waals surface area contributed by atoms with Gasteiger partial charge in [0.25, 0.3) is 0 Å². The first-order valence-electron chi connectivity index (χ1n) is 9.35. The van der Waals surface area contributed by atoms with Crippen LogP contribution in [0.1, 0.15) is 84.0 Å². The van der Waals surface area contributed by atoms with E-state index in [2.05, 4.69) is 24.4 Å². The van der Waals surface area contributed by atoms with Crippen molar-refractivity contribution in [1.29, 1.82) is 0 Å². The van der Waals surface area contributed by atoms with Gasteiger partial charge in [-0.1, -0.05) is 57.6 Å². The van der Waals surface area contributed by atoms with Gasteiger partial charge in [0.1, 0.15) is 6.04 Å². The van der Waals surface area contributed by atoms with Crippen LogP contribution >= 0.6 is 0 Å². The van der Waals surface area contributed by atoms with E-state index in [4.69, 9.17) is 4.74 Å². The summed E-state index contributed by atoms with van der Waals surface area (Å²) < 4.78 is 5.18. The van der Waals surface area contributed by atoms with Gasteiger partial charge in [0.15, 0.2) is 0 Å². The minimum atomic E-state index is -0.421. The molecule has 0 aromatic carbocycles. The second-order valence-corrected chi connectivity index (χ2v) is 6.35. The van der Waals surface area contributed by atoms with Crippen LogP contribution in [0.3, 0.4) is 0 Å².